The van der Waals surface area contributed by atoms with E-state index in [4.69, 9.17) is 9.26 Å². The lowest BCUT2D eigenvalue weighted by Gasteiger charge is -2.04. The molecule has 5 nitrogen and oxygen atoms in total. The van der Waals surface area contributed by atoms with E-state index in [2.05, 4.69) is 11.9 Å². The summed E-state index contributed by atoms with van der Waals surface area (Å²) in [5.41, 5.74) is 0.994. The summed E-state index contributed by atoms with van der Waals surface area (Å²) in [5.74, 6) is 1.03. The van der Waals surface area contributed by atoms with E-state index in [-0.39, 0.29) is 12.5 Å². The van der Waals surface area contributed by atoms with Crippen LogP contribution < -0.4 is 4.74 Å². The summed E-state index contributed by atoms with van der Waals surface area (Å²) in [7, 11) is 0. The molecule has 1 aromatic heterocycles. The first kappa shape index (κ1) is 27.8. The van der Waals surface area contributed by atoms with Crippen LogP contribution in [-0.2, 0) is 16.1 Å². The van der Waals surface area contributed by atoms with Crippen LogP contribution in [0.1, 0.15) is 108 Å². The average Bonchev–Trinajstić information content (AvgIpc) is 3.19. The van der Waals surface area contributed by atoms with Crippen molar-refractivity contribution in [3.63, 3.8) is 0 Å². The Morgan fingerprint density at radius 2 is 1.44 bits per heavy atom. The highest BCUT2D eigenvalue weighted by Gasteiger charge is 2.19. The lowest BCUT2D eigenvalue weighted by atomic mass is 10.0. The van der Waals surface area contributed by atoms with Gasteiger partial charge in [-0.2, -0.15) is 0 Å². The second kappa shape index (κ2) is 18.0. The zero-order chi connectivity index (χ0) is 24.3. The third-order valence-electron chi connectivity index (χ3n) is 6.02. The number of hydrogen-bond donors (Lipinski definition) is 0. The molecule has 0 amide bonds. The number of aryl methyl sites for hydroxylation is 1. The Hall–Kier alpha value is -2.43. The van der Waals surface area contributed by atoms with Crippen LogP contribution in [0.15, 0.2) is 45.9 Å². The summed E-state index contributed by atoms with van der Waals surface area (Å²) in [6.45, 7) is 4.62. The molecule has 0 N–H and O–H groups in total. The molecular weight excluding hydrogens is 424 g/mol. The van der Waals surface area contributed by atoms with Gasteiger partial charge in [0, 0.05) is 5.56 Å². The van der Waals surface area contributed by atoms with Crippen molar-refractivity contribution in [2.75, 3.05) is 6.61 Å². The third-order valence-corrected chi connectivity index (χ3v) is 6.02. The van der Waals surface area contributed by atoms with Gasteiger partial charge in [-0.05, 0) is 18.3 Å². The van der Waals surface area contributed by atoms with Gasteiger partial charge in [0.25, 0.3) is 0 Å². The normalized spacial score (nSPS) is 11.4. The summed E-state index contributed by atoms with van der Waals surface area (Å²) < 4.78 is 12.5. The van der Waals surface area contributed by atoms with Crippen LogP contribution in [0.25, 0.3) is 0 Å². The Balaban J connectivity index is 1.49. The number of rotatable bonds is 19. The van der Waals surface area contributed by atoms with Crippen LogP contribution in [0.5, 0.6) is 0 Å². The van der Waals surface area contributed by atoms with Crippen LogP contribution in [0.4, 0.5) is 5.82 Å². The molecule has 2 aromatic rings. The predicted molar refractivity (Wildman–Crippen MR) is 139 cm³/mol. The van der Waals surface area contributed by atoms with E-state index in [1.165, 1.54) is 81.8 Å². The number of aromatic nitrogens is 1. The van der Waals surface area contributed by atoms with Crippen LogP contribution in [0.3, 0.4) is 0 Å². The first-order valence-corrected chi connectivity index (χ1v) is 13.4. The number of esters is 1. The fourth-order valence-corrected chi connectivity index (χ4v) is 4.04. The van der Waals surface area contributed by atoms with Gasteiger partial charge in [0.15, 0.2) is 5.76 Å². The molecule has 0 aliphatic carbocycles. The van der Waals surface area contributed by atoms with Crippen molar-refractivity contribution in [1.29, 1.82) is 0 Å². The number of benzene rings is 1. The first-order valence-electron chi connectivity index (χ1n) is 13.4. The summed E-state index contributed by atoms with van der Waals surface area (Å²) >= 11 is 0. The minimum absolute atomic E-state index is 0.0356. The van der Waals surface area contributed by atoms with E-state index in [1.807, 2.05) is 43.3 Å². The SMILES string of the molecule is CCCCCCCCCCCCCCCCOC(=O)C[n+]1oc(C)cc1N=Cc1ccccc1. The van der Waals surface area contributed by atoms with Gasteiger partial charge in [0.2, 0.25) is 6.54 Å². The molecule has 2 rings (SSSR count). The molecule has 0 saturated heterocycles. The van der Waals surface area contributed by atoms with Crippen LogP contribution in [-0.4, -0.2) is 18.8 Å². The molecule has 0 aliphatic rings. The molecule has 0 fully saturated rings. The molecule has 0 radical (unpaired) electrons. The fraction of sp³-hybridized carbons (Fsp3) is 0.621. The molecule has 0 aliphatic heterocycles. The number of hydrogen-bond acceptors (Lipinski definition) is 4. The van der Waals surface area contributed by atoms with Gasteiger partial charge in [-0.25, -0.2) is 4.79 Å². The highest BCUT2D eigenvalue weighted by molar-refractivity contribution is 5.81. The standard InChI is InChI=1S/C29H45N2O3/c1-3-4-5-6-7-8-9-10-11-12-13-14-15-19-22-33-29(32)25-31-28(23-26(2)34-31)30-24-27-20-17-16-18-21-27/h16-18,20-21,23-24H,3-15,19,22,25H2,1-2H3/q+1. The number of nitrogens with zero attached hydrogens (tertiary/aromatic N) is 2. The Kier molecular flexibility index (Phi) is 14.7. The van der Waals surface area contributed by atoms with Gasteiger partial charge in [-0.15, -0.1) is 0 Å². The van der Waals surface area contributed by atoms with Gasteiger partial charge in [-0.3, -0.25) is 0 Å². The maximum Gasteiger partial charge on any atom is 0.361 e. The third kappa shape index (κ3) is 12.7. The summed E-state index contributed by atoms with van der Waals surface area (Å²) in [4.78, 5) is 16.7. The fourth-order valence-electron chi connectivity index (χ4n) is 4.04. The van der Waals surface area contributed by atoms with E-state index >= 15 is 0 Å². The van der Waals surface area contributed by atoms with E-state index in [9.17, 15) is 4.79 Å². The maximum atomic E-state index is 12.2. The molecule has 1 aromatic carbocycles. The summed E-state index contributed by atoms with van der Waals surface area (Å²) in [5, 5.41) is 0. The second-order valence-corrected chi connectivity index (χ2v) is 9.23. The molecule has 34 heavy (non-hydrogen) atoms. The van der Waals surface area contributed by atoms with Crippen molar-refractivity contribution in [3.05, 3.63) is 47.7 Å². The monoisotopic (exact) mass is 469 g/mol. The number of carbonyl (C=O) groups is 1. The quantitative estimate of drug-likeness (QED) is 0.0918. The van der Waals surface area contributed by atoms with Crippen LogP contribution in [0, 0.1) is 6.92 Å². The van der Waals surface area contributed by atoms with Crippen molar-refractivity contribution >= 4 is 18.0 Å². The molecular formula is C29H45N2O3+. The molecule has 0 spiro atoms. The summed E-state index contributed by atoms with van der Waals surface area (Å²) in [6, 6.07) is 11.7. The molecule has 5 heteroatoms. The molecule has 0 unspecified atom stereocenters. The number of aliphatic imine (C=N–C) groups is 1. The number of ether oxygens (including phenoxy) is 1. The topological polar surface area (TPSA) is 55.7 Å². The molecule has 188 valence electrons. The highest BCUT2D eigenvalue weighted by Crippen LogP contribution is 2.13. The van der Waals surface area contributed by atoms with Crippen molar-refractivity contribution in [1.82, 2.24) is 0 Å². The van der Waals surface area contributed by atoms with Gasteiger partial charge in [0.05, 0.1) is 12.7 Å². The van der Waals surface area contributed by atoms with Crippen LogP contribution >= 0.6 is 0 Å². The Bertz CT molecular complexity index is 814. The number of carbonyl (C=O) groups excluding carboxylic acids is 1. The second-order valence-electron chi connectivity index (χ2n) is 9.23. The van der Waals surface area contributed by atoms with E-state index in [1.54, 1.807) is 6.21 Å². The van der Waals surface area contributed by atoms with Crippen molar-refractivity contribution < 1.29 is 18.8 Å². The maximum absolute atomic E-state index is 12.2. The molecule has 0 atom stereocenters. The van der Waals surface area contributed by atoms with E-state index in [0.717, 1.165) is 18.4 Å². The lowest BCUT2D eigenvalue weighted by molar-refractivity contribution is -0.845. The van der Waals surface area contributed by atoms with E-state index < -0.39 is 0 Å². The minimum Gasteiger partial charge on any atom is -0.463 e. The molecule has 1 heterocycles. The van der Waals surface area contributed by atoms with Gasteiger partial charge >= 0.3 is 11.8 Å². The van der Waals surface area contributed by atoms with Gasteiger partial charge in [-0.1, -0.05) is 125 Å². The van der Waals surface area contributed by atoms with Crippen molar-refractivity contribution in [2.45, 2.75) is 110 Å². The van der Waals surface area contributed by atoms with Crippen molar-refractivity contribution in [3.8, 4) is 0 Å². The largest absolute Gasteiger partial charge is 0.463 e. The van der Waals surface area contributed by atoms with Crippen LogP contribution in [0.2, 0.25) is 0 Å². The zero-order valence-corrected chi connectivity index (χ0v) is 21.5. The minimum atomic E-state index is -0.287. The van der Waals surface area contributed by atoms with Gasteiger partial charge in [0.1, 0.15) is 6.21 Å². The molecule has 0 saturated carbocycles. The lowest BCUT2D eigenvalue weighted by Crippen LogP contribution is -2.37. The number of unbranched alkanes of at least 4 members (excludes halogenated alkanes) is 13. The average molecular weight is 470 g/mol. The van der Waals surface area contributed by atoms with Gasteiger partial charge < -0.3 is 9.26 Å². The smallest absolute Gasteiger partial charge is 0.361 e. The molecule has 0 bridgehead atoms. The highest BCUT2D eigenvalue weighted by atomic mass is 16.5. The Morgan fingerprint density at radius 3 is 2.03 bits per heavy atom. The predicted octanol–water partition coefficient (Wildman–Crippen LogP) is 7.65. The Labute approximate surface area is 206 Å². The van der Waals surface area contributed by atoms with E-state index in [0.29, 0.717) is 18.2 Å². The van der Waals surface area contributed by atoms with Crippen molar-refractivity contribution in [2.24, 2.45) is 4.99 Å². The zero-order valence-electron chi connectivity index (χ0n) is 21.5. The summed E-state index contributed by atoms with van der Waals surface area (Å²) in [6.07, 6.45) is 20.2. The Morgan fingerprint density at radius 1 is 0.882 bits per heavy atom. The first-order chi connectivity index (χ1) is 16.7.